The van der Waals surface area contributed by atoms with Crippen molar-refractivity contribution in [1.29, 1.82) is 0 Å². The highest BCUT2D eigenvalue weighted by molar-refractivity contribution is 5.86. The van der Waals surface area contributed by atoms with Gasteiger partial charge in [-0.25, -0.2) is 4.79 Å². The van der Waals surface area contributed by atoms with Crippen molar-refractivity contribution in [2.24, 2.45) is 0 Å². The summed E-state index contributed by atoms with van der Waals surface area (Å²) in [6.45, 7) is 2.26. The normalized spacial score (nSPS) is 10.5. The molecular formula is C23H32O2. The van der Waals surface area contributed by atoms with E-state index in [2.05, 4.69) is 23.5 Å². The highest BCUT2D eigenvalue weighted by Gasteiger charge is 1.93. The minimum absolute atomic E-state index is 0.343. The molecule has 1 aromatic carbocycles. The Morgan fingerprint density at radius 1 is 0.960 bits per heavy atom. The molecule has 0 amide bonds. The Morgan fingerprint density at radius 3 is 2.16 bits per heavy atom. The minimum atomic E-state index is -0.343. The molecule has 0 bridgehead atoms. The summed E-state index contributed by atoms with van der Waals surface area (Å²) < 4.78 is 4.57. The van der Waals surface area contributed by atoms with E-state index in [0.29, 0.717) is 0 Å². The topological polar surface area (TPSA) is 26.3 Å². The van der Waals surface area contributed by atoms with Crippen LogP contribution in [-0.4, -0.2) is 13.1 Å². The summed E-state index contributed by atoms with van der Waals surface area (Å²) in [6, 6.07) is 7.89. The summed E-state index contributed by atoms with van der Waals surface area (Å²) in [7, 11) is 1.37. The number of methoxy groups -OCH3 is 1. The van der Waals surface area contributed by atoms with E-state index in [0.717, 1.165) is 17.5 Å². The van der Waals surface area contributed by atoms with Gasteiger partial charge >= 0.3 is 5.97 Å². The van der Waals surface area contributed by atoms with Gasteiger partial charge < -0.3 is 4.74 Å². The molecule has 0 aliphatic heterocycles. The Balaban J connectivity index is 2.15. The molecule has 1 rings (SSSR count). The number of ether oxygens (including phenoxy) is 1. The van der Waals surface area contributed by atoms with Crippen LogP contribution < -0.4 is 0 Å². The molecule has 0 aromatic heterocycles. The van der Waals surface area contributed by atoms with Gasteiger partial charge in [-0.15, -0.1) is 0 Å². The van der Waals surface area contributed by atoms with E-state index < -0.39 is 0 Å². The van der Waals surface area contributed by atoms with Crippen LogP contribution in [0.25, 0.3) is 6.08 Å². The number of unbranched alkanes of at least 4 members (excludes halogenated alkanes) is 9. The average Bonchev–Trinajstić information content (AvgIpc) is 2.65. The van der Waals surface area contributed by atoms with Gasteiger partial charge in [0.25, 0.3) is 0 Å². The van der Waals surface area contributed by atoms with Gasteiger partial charge in [-0.2, -0.15) is 0 Å². The Kier molecular flexibility index (Phi) is 12.1. The molecule has 1 aromatic rings. The van der Waals surface area contributed by atoms with Crippen LogP contribution in [0.1, 0.15) is 82.3 Å². The highest BCUT2D eigenvalue weighted by Crippen LogP contribution is 2.10. The summed E-state index contributed by atoms with van der Waals surface area (Å²) in [4.78, 5) is 11.0. The zero-order chi connectivity index (χ0) is 18.2. The zero-order valence-corrected chi connectivity index (χ0v) is 15.9. The lowest BCUT2D eigenvalue weighted by atomic mass is 10.1. The standard InChI is InChI=1S/C23H32O2/c1-3-4-5-6-7-8-9-10-11-12-13-14-21-15-17-22(18-16-21)19-20-23(24)25-2/h15-20H,3-12H2,1-2H3. The van der Waals surface area contributed by atoms with Crippen LogP contribution in [0.4, 0.5) is 0 Å². The molecule has 0 saturated heterocycles. The molecule has 0 aliphatic carbocycles. The Hall–Kier alpha value is -2.01. The number of esters is 1. The first-order valence-electron chi connectivity index (χ1n) is 9.61. The second kappa shape index (κ2) is 14.3. The van der Waals surface area contributed by atoms with Crippen molar-refractivity contribution >= 4 is 12.0 Å². The lowest BCUT2D eigenvalue weighted by Gasteiger charge is -2.00. The molecule has 0 heterocycles. The highest BCUT2D eigenvalue weighted by atomic mass is 16.5. The maximum absolute atomic E-state index is 11.0. The van der Waals surface area contributed by atoms with Crippen molar-refractivity contribution in [2.75, 3.05) is 7.11 Å². The van der Waals surface area contributed by atoms with Crippen molar-refractivity contribution in [2.45, 2.75) is 71.1 Å². The third kappa shape index (κ3) is 11.2. The fourth-order valence-electron chi connectivity index (χ4n) is 2.60. The maximum Gasteiger partial charge on any atom is 0.330 e. The monoisotopic (exact) mass is 340 g/mol. The second-order valence-electron chi connectivity index (χ2n) is 6.36. The number of carbonyl (C=O) groups excluding carboxylic acids is 1. The van der Waals surface area contributed by atoms with Crippen molar-refractivity contribution in [1.82, 2.24) is 0 Å². The van der Waals surface area contributed by atoms with Gasteiger partial charge in [-0.3, -0.25) is 0 Å². The third-order valence-corrected chi connectivity index (χ3v) is 4.16. The average molecular weight is 341 g/mol. The molecule has 0 unspecified atom stereocenters. The molecule has 136 valence electrons. The van der Waals surface area contributed by atoms with E-state index in [9.17, 15) is 4.79 Å². The first kappa shape index (κ1) is 21.0. The van der Waals surface area contributed by atoms with E-state index >= 15 is 0 Å². The van der Waals surface area contributed by atoms with Gasteiger partial charge in [-0.05, 0) is 30.2 Å². The third-order valence-electron chi connectivity index (χ3n) is 4.16. The van der Waals surface area contributed by atoms with Gasteiger partial charge in [0.05, 0.1) is 7.11 Å². The van der Waals surface area contributed by atoms with E-state index in [1.807, 2.05) is 24.3 Å². The van der Waals surface area contributed by atoms with E-state index in [1.165, 1.54) is 71.0 Å². The van der Waals surface area contributed by atoms with Crippen LogP contribution in [0.2, 0.25) is 0 Å². The molecule has 0 aliphatic rings. The predicted octanol–water partition coefficient (Wildman–Crippen LogP) is 6.15. The Labute approximate surface area is 153 Å². The number of benzene rings is 1. The van der Waals surface area contributed by atoms with Crippen molar-refractivity contribution < 1.29 is 9.53 Å². The molecule has 0 saturated carbocycles. The van der Waals surface area contributed by atoms with Gasteiger partial charge in [-0.1, -0.05) is 82.3 Å². The van der Waals surface area contributed by atoms with Crippen molar-refractivity contribution in [3.8, 4) is 11.8 Å². The first-order valence-corrected chi connectivity index (χ1v) is 9.61. The van der Waals surface area contributed by atoms with Crippen LogP contribution in [-0.2, 0) is 9.53 Å². The lowest BCUT2D eigenvalue weighted by Crippen LogP contribution is -1.93. The van der Waals surface area contributed by atoms with E-state index in [1.54, 1.807) is 6.08 Å². The summed E-state index contributed by atoms with van der Waals surface area (Å²) in [5, 5.41) is 0. The maximum atomic E-state index is 11.0. The van der Waals surface area contributed by atoms with Crippen LogP contribution in [0.3, 0.4) is 0 Å². The number of hydrogen-bond donors (Lipinski definition) is 0. The van der Waals surface area contributed by atoms with E-state index in [4.69, 9.17) is 0 Å². The molecular weight excluding hydrogens is 308 g/mol. The van der Waals surface area contributed by atoms with Crippen molar-refractivity contribution in [3.05, 3.63) is 41.5 Å². The SMILES string of the molecule is CCCCCCCCCCCC#Cc1ccc(C=CC(=O)OC)cc1. The molecule has 0 radical (unpaired) electrons. The second-order valence-corrected chi connectivity index (χ2v) is 6.36. The molecule has 25 heavy (non-hydrogen) atoms. The minimum Gasteiger partial charge on any atom is -0.466 e. The van der Waals surface area contributed by atoms with Gasteiger partial charge in [0.1, 0.15) is 0 Å². The summed E-state index contributed by atoms with van der Waals surface area (Å²) >= 11 is 0. The van der Waals surface area contributed by atoms with Gasteiger partial charge in [0, 0.05) is 18.1 Å². The first-order chi connectivity index (χ1) is 12.3. The molecule has 0 atom stereocenters. The molecule has 0 spiro atoms. The van der Waals surface area contributed by atoms with Crippen LogP contribution >= 0.6 is 0 Å². The van der Waals surface area contributed by atoms with Crippen LogP contribution in [0.5, 0.6) is 0 Å². The summed E-state index contributed by atoms with van der Waals surface area (Å²) in [5.74, 6) is 6.12. The zero-order valence-electron chi connectivity index (χ0n) is 15.9. The van der Waals surface area contributed by atoms with Crippen LogP contribution in [0.15, 0.2) is 30.3 Å². The number of rotatable bonds is 11. The quantitative estimate of drug-likeness (QED) is 0.209. The van der Waals surface area contributed by atoms with Gasteiger partial charge in [0.15, 0.2) is 0 Å². The fourth-order valence-corrected chi connectivity index (χ4v) is 2.60. The Morgan fingerprint density at radius 2 is 1.56 bits per heavy atom. The summed E-state index contributed by atoms with van der Waals surface area (Å²) in [5.41, 5.74) is 1.99. The molecule has 0 N–H and O–H groups in total. The molecule has 2 heteroatoms. The predicted molar refractivity (Wildman–Crippen MR) is 106 cm³/mol. The number of hydrogen-bond acceptors (Lipinski definition) is 2. The van der Waals surface area contributed by atoms with Crippen LogP contribution in [0, 0.1) is 11.8 Å². The Bertz CT molecular complexity index is 558. The molecule has 0 fully saturated rings. The number of carbonyl (C=O) groups is 1. The fraction of sp³-hybridized carbons (Fsp3) is 0.522. The lowest BCUT2D eigenvalue weighted by molar-refractivity contribution is -0.134. The summed E-state index contributed by atoms with van der Waals surface area (Å²) in [6.07, 6.45) is 16.2. The smallest absolute Gasteiger partial charge is 0.330 e. The van der Waals surface area contributed by atoms with Gasteiger partial charge in [0.2, 0.25) is 0 Å². The van der Waals surface area contributed by atoms with Crippen molar-refractivity contribution in [3.63, 3.8) is 0 Å². The largest absolute Gasteiger partial charge is 0.466 e. The molecule has 2 nitrogen and oxygen atoms in total. The van der Waals surface area contributed by atoms with E-state index in [-0.39, 0.29) is 5.97 Å².